The van der Waals surface area contributed by atoms with Crippen molar-refractivity contribution in [1.82, 2.24) is 0 Å². The summed E-state index contributed by atoms with van der Waals surface area (Å²) in [7, 11) is -2.72. The van der Waals surface area contributed by atoms with E-state index in [1.165, 1.54) is 40.5 Å². The number of hydrogen-bond acceptors (Lipinski definition) is 0. The first-order chi connectivity index (χ1) is 19.6. The molecule has 40 heavy (non-hydrogen) atoms. The molecule has 0 fully saturated rings. The molecule has 0 aromatic heterocycles. The Bertz CT molecular complexity index is 1450. The highest BCUT2D eigenvalue weighted by Crippen LogP contribution is 2.66. The molecule has 6 aromatic rings. The summed E-state index contributed by atoms with van der Waals surface area (Å²) < 4.78 is 0. The Hall–Kier alpha value is -3.98. The average Bonchev–Trinajstić information content (AvgIpc) is 3.06. The van der Waals surface area contributed by atoms with Gasteiger partial charge in [0, 0.05) is 0 Å². The summed E-state index contributed by atoms with van der Waals surface area (Å²) in [6.45, 7) is 0. The summed E-state index contributed by atoms with van der Waals surface area (Å²) in [5, 5.41) is 0. The largest absolute Gasteiger partial charge is 0.163 e. The molecule has 198 valence electrons. The third-order valence-corrected chi connectivity index (χ3v) is 15.1. The molecular formula is C38H34S2. The summed E-state index contributed by atoms with van der Waals surface area (Å²) in [6.07, 6.45) is 4.83. The SMILES string of the molecule is CS(c1ccccc1)(c1ccccc1)c1ccc(-c2ccc(S(C)(c3ccccc3)c3ccccc3)cc2)cc1. The van der Waals surface area contributed by atoms with Crippen molar-refractivity contribution in [3.8, 4) is 11.1 Å². The van der Waals surface area contributed by atoms with Crippen molar-refractivity contribution in [3.63, 3.8) is 0 Å². The van der Waals surface area contributed by atoms with Gasteiger partial charge in [-0.3, -0.25) is 0 Å². The molecule has 6 rings (SSSR count). The Morgan fingerprint density at radius 1 is 0.250 bits per heavy atom. The zero-order valence-electron chi connectivity index (χ0n) is 23.0. The number of rotatable bonds is 7. The minimum Gasteiger partial charge on any atom is -0.163 e. The smallest absolute Gasteiger partial charge is 0.00208 e. The van der Waals surface area contributed by atoms with Crippen LogP contribution in [-0.2, 0) is 0 Å². The molecule has 0 nitrogen and oxygen atoms in total. The third-order valence-electron chi connectivity index (χ3n) is 7.84. The van der Waals surface area contributed by atoms with Gasteiger partial charge in [0.05, 0.1) is 0 Å². The van der Waals surface area contributed by atoms with Gasteiger partial charge >= 0.3 is 0 Å². The van der Waals surface area contributed by atoms with Crippen LogP contribution in [0.1, 0.15) is 0 Å². The minimum atomic E-state index is -1.36. The topological polar surface area (TPSA) is 0 Å². The average molecular weight is 555 g/mol. The maximum Gasteiger partial charge on any atom is -0.00208 e. The van der Waals surface area contributed by atoms with Crippen LogP contribution in [0.2, 0.25) is 0 Å². The molecule has 0 saturated heterocycles. The summed E-state index contributed by atoms with van der Waals surface area (Å²) in [5.41, 5.74) is 2.49. The fourth-order valence-corrected chi connectivity index (χ4v) is 11.2. The molecule has 0 unspecified atom stereocenters. The second kappa shape index (κ2) is 11.3. The molecule has 0 N–H and O–H groups in total. The molecular weight excluding hydrogens is 521 g/mol. The predicted octanol–water partition coefficient (Wildman–Crippen LogP) is 11.2. The Morgan fingerprint density at radius 2 is 0.450 bits per heavy atom. The van der Waals surface area contributed by atoms with Gasteiger partial charge in [-0.1, -0.05) is 97.1 Å². The standard InChI is InChI=1S/C38H34S2/c1-39(33-15-7-3-8-16-33,34-17-9-4-10-18-34)37-27-23-31(24-28-37)32-25-29-38(30-26-32)40(2,35-19-11-5-12-20-35)36-21-13-6-14-22-36/h3-30H,1-2H3. The van der Waals surface area contributed by atoms with Gasteiger partial charge in [-0.05, 0) is 126 Å². The Morgan fingerprint density at radius 3 is 0.675 bits per heavy atom. The van der Waals surface area contributed by atoms with Crippen molar-refractivity contribution in [2.24, 2.45) is 0 Å². The van der Waals surface area contributed by atoms with Gasteiger partial charge in [0.25, 0.3) is 0 Å². The normalized spacial score (nSPS) is 12.6. The van der Waals surface area contributed by atoms with Crippen molar-refractivity contribution in [1.29, 1.82) is 0 Å². The van der Waals surface area contributed by atoms with Crippen LogP contribution in [0.25, 0.3) is 11.1 Å². The van der Waals surface area contributed by atoms with Crippen LogP contribution in [0.3, 0.4) is 0 Å². The minimum absolute atomic E-state index is 1.24. The fraction of sp³-hybridized carbons (Fsp3) is 0.0526. The summed E-state index contributed by atoms with van der Waals surface area (Å²) >= 11 is 0. The van der Waals surface area contributed by atoms with Crippen LogP contribution in [0.15, 0.2) is 199 Å². The molecule has 0 aliphatic rings. The molecule has 0 radical (unpaired) electrons. The van der Waals surface area contributed by atoms with E-state index in [0.717, 1.165) is 0 Å². The van der Waals surface area contributed by atoms with Crippen molar-refractivity contribution in [3.05, 3.63) is 170 Å². The van der Waals surface area contributed by atoms with Gasteiger partial charge in [0.2, 0.25) is 0 Å². The molecule has 0 spiro atoms. The molecule has 0 saturated carbocycles. The first-order valence-corrected chi connectivity index (χ1v) is 17.7. The van der Waals surface area contributed by atoms with E-state index in [1.807, 2.05) is 0 Å². The van der Waals surface area contributed by atoms with E-state index in [-0.39, 0.29) is 0 Å². The van der Waals surface area contributed by atoms with Gasteiger partial charge in [-0.2, -0.15) is 20.1 Å². The highest BCUT2D eigenvalue weighted by molar-refractivity contribution is 8.33. The maximum absolute atomic E-state index is 2.41. The summed E-state index contributed by atoms with van der Waals surface area (Å²) in [6, 6.07) is 62.3. The highest BCUT2D eigenvalue weighted by Gasteiger charge is 2.27. The van der Waals surface area contributed by atoms with Crippen LogP contribution < -0.4 is 0 Å². The molecule has 0 heterocycles. The fourth-order valence-electron chi connectivity index (χ4n) is 5.43. The van der Waals surface area contributed by atoms with Crippen molar-refractivity contribution in [2.45, 2.75) is 29.4 Å². The summed E-state index contributed by atoms with van der Waals surface area (Å²) in [5.74, 6) is 0. The van der Waals surface area contributed by atoms with Gasteiger partial charge in [0.15, 0.2) is 0 Å². The third kappa shape index (κ3) is 4.79. The quantitative estimate of drug-likeness (QED) is 0.184. The predicted molar refractivity (Wildman–Crippen MR) is 174 cm³/mol. The van der Waals surface area contributed by atoms with Crippen LogP contribution >= 0.6 is 20.1 Å². The van der Waals surface area contributed by atoms with Gasteiger partial charge < -0.3 is 0 Å². The Labute approximate surface area is 242 Å². The molecule has 2 heteroatoms. The van der Waals surface area contributed by atoms with E-state index >= 15 is 0 Å². The zero-order valence-corrected chi connectivity index (χ0v) is 24.6. The van der Waals surface area contributed by atoms with Gasteiger partial charge in [-0.25, -0.2) is 0 Å². The Kier molecular flexibility index (Phi) is 7.38. The second-order valence-electron chi connectivity index (χ2n) is 10.1. The van der Waals surface area contributed by atoms with Gasteiger partial charge in [-0.15, -0.1) is 0 Å². The number of hydrogen-bond donors (Lipinski definition) is 0. The molecule has 0 aliphatic carbocycles. The zero-order chi connectivity index (χ0) is 27.4. The lowest BCUT2D eigenvalue weighted by atomic mass is 10.1. The lowest BCUT2D eigenvalue weighted by Gasteiger charge is -2.38. The molecule has 0 bridgehead atoms. The first-order valence-electron chi connectivity index (χ1n) is 13.6. The van der Waals surface area contributed by atoms with Crippen LogP contribution in [0, 0.1) is 0 Å². The molecule has 0 atom stereocenters. The van der Waals surface area contributed by atoms with Crippen LogP contribution in [0.4, 0.5) is 0 Å². The van der Waals surface area contributed by atoms with E-state index in [2.05, 4.69) is 182 Å². The van der Waals surface area contributed by atoms with Crippen LogP contribution in [0.5, 0.6) is 0 Å². The molecule has 0 amide bonds. The van der Waals surface area contributed by atoms with Crippen molar-refractivity contribution < 1.29 is 0 Å². The number of benzene rings is 6. The molecule has 6 aromatic carbocycles. The lowest BCUT2D eigenvalue weighted by Crippen LogP contribution is -2.02. The first kappa shape index (κ1) is 26.3. The van der Waals surface area contributed by atoms with E-state index in [4.69, 9.17) is 0 Å². The Balaban J connectivity index is 1.36. The van der Waals surface area contributed by atoms with E-state index in [9.17, 15) is 0 Å². The van der Waals surface area contributed by atoms with Crippen LogP contribution in [-0.4, -0.2) is 12.5 Å². The lowest BCUT2D eigenvalue weighted by molar-refractivity contribution is 1.29. The second-order valence-corrected chi connectivity index (χ2v) is 16.6. The van der Waals surface area contributed by atoms with E-state index in [0.29, 0.717) is 0 Å². The maximum atomic E-state index is 2.41. The van der Waals surface area contributed by atoms with E-state index < -0.39 is 20.1 Å². The monoisotopic (exact) mass is 554 g/mol. The highest BCUT2D eigenvalue weighted by atomic mass is 32.3. The van der Waals surface area contributed by atoms with E-state index in [1.54, 1.807) is 0 Å². The van der Waals surface area contributed by atoms with Gasteiger partial charge in [0.1, 0.15) is 0 Å². The van der Waals surface area contributed by atoms with Crippen molar-refractivity contribution in [2.75, 3.05) is 12.5 Å². The molecule has 0 aliphatic heterocycles. The summed E-state index contributed by atoms with van der Waals surface area (Å²) in [4.78, 5) is 8.25. The van der Waals surface area contributed by atoms with Crippen molar-refractivity contribution >= 4 is 20.1 Å².